The summed E-state index contributed by atoms with van der Waals surface area (Å²) in [5.41, 5.74) is -0.156. The van der Waals surface area contributed by atoms with Crippen LogP contribution in [0.5, 0.6) is 0 Å². The lowest BCUT2D eigenvalue weighted by Crippen LogP contribution is -2.32. The van der Waals surface area contributed by atoms with E-state index in [4.69, 9.17) is 0 Å². The van der Waals surface area contributed by atoms with Crippen LogP contribution >= 0.6 is 11.3 Å². The van der Waals surface area contributed by atoms with Crippen molar-refractivity contribution in [2.75, 3.05) is 0 Å². The molecule has 0 spiro atoms. The number of carbonyl (C=O) groups excluding carboxylic acids is 1. The summed E-state index contributed by atoms with van der Waals surface area (Å²) < 4.78 is 0. The minimum Gasteiger partial charge on any atom is -0.341 e. The van der Waals surface area contributed by atoms with Crippen LogP contribution in [-0.4, -0.2) is 21.1 Å². The van der Waals surface area contributed by atoms with Gasteiger partial charge in [-0.3, -0.25) is 9.89 Å². The van der Waals surface area contributed by atoms with E-state index in [2.05, 4.69) is 34.3 Å². The maximum atomic E-state index is 12.3. The van der Waals surface area contributed by atoms with E-state index in [1.54, 1.807) is 11.3 Å². The van der Waals surface area contributed by atoms with Gasteiger partial charge in [-0.2, -0.15) is 0 Å². The van der Waals surface area contributed by atoms with E-state index in [1.165, 1.54) is 0 Å². The zero-order chi connectivity index (χ0) is 15.6. The number of hydrogen-bond donors (Lipinski definition) is 2. The number of nitrogens with zero attached hydrogens (tertiary/aromatic N) is 2. The largest absolute Gasteiger partial charge is 0.341 e. The van der Waals surface area contributed by atoms with Crippen molar-refractivity contribution in [1.29, 1.82) is 0 Å². The number of amides is 1. The second kappa shape index (κ2) is 5.97. The lowest BCUT2D eigenvalue weighted by Gasteiger charge is -2.20. The molecule has 0 saturated heterocycles. The zero-order valence-electron chi connectivity index (χ0n) is 13.1. The summed E-state index contributed by atoms with van der Waals surface area (Å²) in [4.78, 5) is 17.8. The predicted octanol–water partition coefficient (Wildman–Crippen LogP) is 3.29. The van der Waals surface area contributed by atoms with Gasteiger partial charge in [0.1, 0.15) is 5.82 Å². The monoisotopic (exact) mass is 306 g/mol. The first kappa shape index (κ1) is 15.7. The van der Waals surface area contributed by atoms with Gasteiger partial charge in [0.15, 0.2) is 0 Å². The van der Waals surface area contributed by atoms with Crippen LogP contribution in [0.3, 0.4) is 0 Å². The van der Waals surface area contributed by atoms with E-state index < -0.39 is 0 Å². The average molecular weight is 306 g/mol. The van der Waals surface area contributed by atoms with E-state index >= 15 is 0 Å². The zero-order valence-corrected chi connectivity index (χ0v) is 13.9. The Bertz CT molecular complexity index is 595. The molecule has 114 valence electrons. The molecule has 0 aliphatic rings. The minimum absolute atomic E-state index is 0.0194. The Balaban J connectivity index is 2.15. The molecule has 2 aromatic rings. The molecule has 2 N–H and O–H groups in total. The Labute approximate surface area is 129 Å². The Hall–Kier alpha value is -1.69. The molecule has 1 amide bonds. The second-order valence-electron chi connectivity index (χ2n) is 6.47. The summed E-state index contributed by atoms with van der Waals surface area (Å²) in [6, 6.07) is 4.01. The molecule has 5 nitrogen and oxygen atoms in total. The number of nitrogens with one attached hydrogen (secondary N) is 2. The van der Waals surface area contributed by atoms with Crippen molar-refractivity contribution >= 4 is 17.2 Å². The molecule has 21 heavy (non-hydrogen) atoms. The molecule has 0 aliphatic heterocycles. The number of thiophene rings is 1. The van der Waals surface area contributed by atoms with Gasteiger partial charge < -0.3 is 5.32 Å². The van der Waals surface area contributed by atoms with Gasteiger partial charge in [-0.25, -0.2) is 4.98 Å². The molecule has 0 fully saturated rings. The summed E-state index contributed by atoms with van der Waals surface area (Å²) in [6.07, 6.45) is 0. The number of carbonyl (C=O) groups is 1. The summed E-state index contributed by atoms with van der Waals surface area (Å²) in [5, 5.41) is 11.9. The molecular formula is C15H22N4OS. The number of aromatic amines is 1. The van der Waals surface area contributed by atoms with Crippen molar-refractivity contribution in [2.45, 2.75) is 46.1 Å². The predicted molar refractivity (Wildman–Crippen MR) is 84.4 cm³/mol. The van der Waals surface area contributed by atoms with Gasteiger partial charge in [0.05, 0.1) is 6.04 Å². The summed E-state index contributed by atoms with van der Waals surface area (Å²) in [6.45, 7) is 10.2. The SMILES string of the molecule is CC(C)C(NC(=O)c1n[nH]c(C(C)(C)C)n1)c1cccs1. The molecule has 0 aromatic carbocycles. The van der Waals surface area contributed by atoms with Crippen LogP contribution in [0, 0.1) is 5.92 Å². The fraction of sp³-hybridized carbons (Fsp3) is 0.533. The highest BCUT2D eigenvalue weighted by Gasteiger charge is 2.24. The smallest absolute Gasteiger partial charge is 0.291 e. The molecule has 2 aromatic heterocycles. The van der Waals surface area contributed by atoms with Crippen LogP contribution in [0.1, 0.15) is 62.0 Å². The summed E-state index contributed by atoms with van der Waals surface area (Å²) in [7, 11) is 0. The Morgan fingerprint density at radius 3 is 2.57 bits per heavy atom. The van der Waals surface area contributed by atoms with E-state index in [0.29, 0.717) is 11.7 Å². The topological polar surface area (TPSA) is 70.7 Å². The molecule has 0 aliphatic carbocycles. The maximum absolute atomic E-state index is 12.3. The van der Waals surface area contributed by atoms with Gasteiger partial charge in [0.2, 0.25) is 5.82 Å². The molecule has 2 rings (SSSR count). The minimum atomic E-state index is -0.242. The van der Waals surface area contributed by atoms with Crippen LogP contribution in [-0.2, 0) is 5.41 Å². The van der Waals surface area contributed by atoms with Crippen LogP contribution < -0.4 is 5.32 Å². The third-order valence-electron chi connectivity index (χ3n) is 3.20. The Kier molecular flexibility index (Phi) is 4.46. The first-order chi connectivity index (χ1) is 9.79. The standard InChI is InChI=1S/C15H22N4OS/c1-9(2)11(10-7-6-8-21-10)16-13(20)12-17-14(19-18-12)15(3,4)5/h6-9,11H,1-5H3,(H,16,20)(H,17,18,19). The van der Waals surface area contributed by atoms with Crippen molar-refractivity contribution in [3.05, 3.63) is 34.0 Å². The van der Waals surface area contributed by atoms with E-state index in [1.807, 2.05) is 38.3 Å². The van der Waals surface area contributed by atoms with Crippen LogP contribution in [0.15, 0.2) is 17.5 Å². The first-order valence-electron chi connectivity index (χ1n) is 7.06. The van der Waals surface area contributed by atoms with Crippen molar-refractivity contribution < 1.29 is 4.79 Å². The lowest BCUT2D eigenvalue weighted by molar-refractivity contribution is 0.0916. The van der Waals surface area contributed by atoms with Crippen molar-refractivity contribution in [2.24, 2.45) is 5.92 Å². The Morgan fingerprint density at radius 2 is 2.10 bits per heavy atom. The van der Waals surface area contributed by atoms with Gasteiger partial charge in [0.25, 0.3) is 5.91 Å². The Morgan fingerprint density at radius 1 is 1.38 bits per heavy atom. The van der Waals surface area contributed by atoms with Crippen LogP contribution in [0.2, 0.25) is 0 Å². The van der Waals surface area contributed by atoms with Crippen molar-refractivity contribution in [3.63, 3.8) is 0 Å². The molecule has 6 heteroatoms. The maximum Gasteiger partial charge on any atom is 0.291 e. The average Bonchev–Trinajstić information content (AvgIpc) is 3.05. The number of aromatic nitrogens is 3. The molecule has 0 bridgehead atoms. The number of hydrogen-bond acceptors (Lipinski definition) is 4. The third-order valence-corrected chi connectivity index (χ3v) is 4.16. The fourth-order valence-corrected chi connectivity index (χ4v) is 2.89. The van der Waals surface area contributed by atoms with Crippen molar-refractivity contribution in [1.82, 2.24) is 20.5 Å². The molecule has 2 heterocycles. The quantitative estimate of drug-likeness (QED) is 0.910. The highest BCUT2D eigenvalue weighted by molar-refractivity contribution is 7.10. The molecule has 1 unspecified atom stereocenters. The van der Waals surface area contributed by atoms with Gasteiger partial charge in [-0.15, -0.1) is 16.4 Å². The van der Waals surface area contributed by atoms with Gasteiger partial charge in [0, 0.05) is 10.3 Å². The normalized spacial score (nSPS) is 13.4. The summed E-state index contributed by atoms with van der Waals surface area (Å²) in [5.74, 6) is 0.967. The third kappa shape index (κ3) is 3.69. The highest BCUT2D eigenvalue weighted by atomic mass is 32.1. The lowest BCUT2D eigenvalue weighted by atomic mass is 9.96. The van der Waals surface area contributed by atoms with Gasteiger partial charge in [-0.05, 0) is 17.4 Å². The second-order valence-corrected chi connectivity index (χ2v) is 7.45. The van der Waals surface area contributed by atoms with Crippen LogP contribution in [0.25, 0.3) is 0 Å². The highest BCUT2D eigenvalue weighted by Crippen LogP contribution is 2.26. The van der Waals surface area contributed by atoms with Gasteiger partial charge >= 0.3 is 0 Å². The number of H-pyrrole nitrogens is 1. The van der Waals surface area contributed by atoms with Crippen molar-refractivity contribution in [3.8, 4) is 0 Å². The van der Waals surface area contributed by atoms with Gasteiger partial charge in [-0.1, -0.05) is 40.7 Å². The van der Waals surface area contributed by atoms with Crippen LogP contribution in [0.4, 0.5) is 0 Å². The molecular weight excluding hydrogens is 284 g/mol. The summed E-state index contributed by atoms with van der Waals surface area (Å²) >= 11 is 1.64. The molecule has 0 radical (unpaired) electrons. The number of rotatable bonds is 4. The first-order valence-corrected chi connectivity index (χ1v) is 7.94. The molecule has 0 saturated carbocycles. The molecule has 1 atom stereocenters. The van der Waals surface area contributed by atoms with E-state index in [-0.39, 0.29) is 23.2 Å². The van der Waals surface area contributed by atoms with E-state index in [0.717, 1.165) is 4.88 Å². The van der Waals surface area contributed by atoms with E-state index in [9.17, 15) is 4.79 Å². The fourth-order valence-electron chi connectivity index (χ4n) is 1.94.